The maximum Gasteiger partial charge on any atom is 0.126 e. The van der Waals surface area contributed by atoms with Gasteiger partial charge in [-0.3, -0.25) is 0 Å². The standard InChI is InChI=1S/C13H20N2O/c1-2-14-13-9-12(5-7-15-13)10-16-8-6-11-3-4-11/h5,7,9,11H,2-4,6,8,10H2,1H3,(H,14,15). The molecule has 3 heteroatoms. The summed E-state index contributed by atoms with van der Waals surface area (Å²) >= 11 is 0. The predicted molar refractivity (Wildman–Crippen MR) is 65.4 cm³/mol. The number of nitrogens with zero attached hydrogens (tertiary/aromatic N) is 1. The van der Waals surface area contributed by atoms with Crippen LogP contribution in [0.1, 0.15) is 31.7 Å². The van der Waals surface area contributed by atoms with Crippen LogP contribution in [0.25, 0.3) is 0 Å². The fourth-order valence-electron chi connectivity index (χ4n) is 1.69. The average molecular weight is 220 g/mol. The van der Waals surface area contributed by atoms with Crippen LogP contribution in [0.2, 0.25) is 0 Å². The number of aromatic nitrogens is 1. The van der Waals surface area contributed by atoms with E-state index in [9.17, 15) is 0 Å². The number of hydrogen-bond donors (Lipinski definition) is 1. The molecule has 1 fully saturated rings. The first-order valence-corrected chi connectivity index (χ1v) is 6.15. The lowest BCUT2D eigenvalue weighted by Gasteiger charge is -2.06. The third-order valence-electron chi connectivity index (χ3n) is 2.82. The van der Waals surface area contributed by atoms with E-state index < -0.39 is 0 Å². The summed E-state index contributed by atoms with van der Waals surface area (Å²) in [5, 5.41) is 3.20. The van der Waals surface area contributed by atoms with Gasteiger partial charge in [-0.05, 0) is 37.0 Å². The van der Waals surface area contributed by atoms with Gasteiger partial charge in [-0.2, -0.15) is 0 Å². The summed E-state index contributed by atoms with van der Waals surface area (Å²) in [6, 6.07) is 4.07. The molecule has 1 aromatic rings. The molecule has 0 amide bonds. The average Bonchev–Trinajstić information content (AvgIpc) is 3.09. The van der Waals surface area contributed by atoms with Gasteiger partial charge in [-0.1, -0.05) is 12.8 Å². The van der Waals surface area contributed by atoms with E-state index in [2.05, 4.69) is 23.3 Å². The second-order valence-corrected chi connectivity index (χ2v) is 4.36. The lowest BCUT2D eigenvalue weighted by molar-refractivity contribution is 0.115. The summed E-state index contributed by atoms with van der Waals surface area (Å²) in [5.41, 5.74) is 1.20. The first kappa shape index (κ1) is 11.4. The van der Waals surface area contributed by atoms with Gasteiger partial charge in [0.1, 0.15) is 5.82 Å². The van der Waals surface area contributed by atoms with Crippen molar-refractivity contribution < 1.29 is 4.74 Å². The minimum absolute atomic E-state index is 0.702. The molecule has 1 aromatic heterocycles. The number of pyridine rings is 1. The summed E-state index contributed by atoms with van der Waals surface area (Å²) in [7, 11) is 0. The highest BCUT2D eigenvalue weighted by molar-refractivity contribution is 5.36. The summed E-state index contributed by atoms with van der Waals surface area (Å²) in [4.78, 5) is 4.23. The molecular weight excluding hydrogens is 200 g/mol. The topological polar surface area (TPSA) is 34.1 Å². The van der Waals surface area contributed by atoms with Crippen molar-refractivity contribution in [2.75, 3.05) is 18.5 Å². The molecule has 1 aliphatic rings. The summed E-state index contributed by atoms with van der Waals surface area (Å²) < 4.78 is 5.65. The van der Waals surface area contributed by atoms with Crippen molar-refractivity contribution in [1.29, 1.82) is 0 Å². The molecule has 3 nitrogen and oxygen atoms in total. The smallest absolute Gasteiger partial charge is 0.126 e. The van der Waals surface area contributed by atoms with Gasteiger partial charge in [-0.15, -0.1) is 0 Å². The van der Waals surface area contributed by atoms with E-state index in [4.69, 9.17) is 4.74 Å². The molecular formula is C13H20N2O. The van der Waals surface area contributed by atoms with E-state index >= 15 is 0 Å². The highest BCUT2D eigenvalue weighted by atomic mass is 16.5. The van der Waals surface area contributed by atoms with Gasteiger partial charge in [0.25, 0.3) is 0 Å². The quantitative estimate of drug-likeness (QED) is 0.717. The monoisotopic (exact) mass is 220 g/mol. The second kappa shape index (κ2) is 5.85. The van der Waals surface area contributed by atoms with Gasteiger partial charge in [0.2, 0.25) is 0 Å². The van der Waals surface area contributed by atoms with Gasteiger partial charge in [0.05, 0.1) is 6.61 Å². The Labute approximate surface area is 97.2 Å². The van der Waals surface area contributed by atoms with Crippen LogP contribution >= 0.6 is 0 Å². The van der Waals surface area contributed by atoms with Crippen LogP contribution in [0.15, 0.2) is 18.3 Å². The Kier molecular flexibility index (Phi) is 4.17. The largest absolute Gasteiger partial charge is 0.377 e. The number of rotatable bonds is 7. The molecule has 0 radical (unpaired) electrons. The minimum Gasteiger partial charge on any atom is -0.377 e. The fourth-order valence-corrected chi connectivity index (χ4v) is 1.69. The Bertz CT molecular complexity index is 323. The molecule has 88 valence electrons. The molecule has 0 aliphatic heterocycles. The Morgan fingerprint density at radius 1 is 1.50 bits per heavy atom. The van der Waals surface area contributed by atoms with Gasteiger partial charge in [0, 0.05) is 19.3 Å². The molecule has 1 N–H and O–H groups in total. The highest BCUT2D eigenvalue weighted by Gasteiger charge is 2.20. The third kappa shape index (κ3) is 3.81. The van der Waals surface area contributed by atoms with E-state index in [0.717, 1.165) is 24.9 Å². The van der Waals surface area contributed by atoms with E-state index in [1.54, 1.807) is 0 Å². The zero-order valence-corrected chi connectivity index (χ0v) is 9.91. The van der Waals surface area contributed by atoms with Crippen molar-refractivity contribution in [3.05, 3.63) is 23.9 Å². The maximum absolute atomic E-state index is 5.65. The zero-order valence-electron chi connectivity index (χ0n) is 9.91. The third-order valence-corrected chi connectivity index (χ3v) is 2.82. The Morgan fingerprint density at radius 3 is 3.12 bits per heavy atom. The molecule has 0 bridgehead atoms. The Morgan fingerprint density at radius 2 is 2.38 bits per heavy atom. The van der Waals surface area contributed by atoms with Crippen LogP contribution < -0.4 is 5.32 Å². The van der Waals surface area contributed by atoms with E-state index in [1.807, 2.05) is 12.3 Å². The molecule has 1 aliphatic carbocycles. The summed E-state index contributed by atoms with van der Waals surface area (Å²) in [6.07, 6.45) is 5.87. The van der Waals surface area contributed by atoms with Gasteiger partial charge >= 0.3 is 0 Å². The zero-order chi connectivity index (χ0) is 11.2. The van der Waals surface area contributed by atoms with E-state index in [-0.39, 0.29) is 0 Å². The summed E-state index contributed by atoms with van der Waals surface area (Å²) in [6.45, 7) is 4.57. The second-order valence-electron chi connectivity index (χ2n) is 4.36. The molecule has 0 atom stereocenters. The van der Waals surface area contributed by atoms with Crippen molar-refractivity contribution >= 4 is 5.82 Å². The Balaban J connectivity index is 1.71. The van der Waals surface area contributed by atoms with Crippen LogP contribution in [-0.2, 0) is 11.3 Å². The van der Waals surface area contributed by atoms with Crippen molar-refractivity contribution in [1.82, 2.24) is 4.98 Å². The van der Waals surface area contributed by atoms with Crippen molar-refractivity contribution in [2.45, 2.75) is 32.8 Å². The normalized spacial score (nSPS) is 15.1. The number of ether oxygens (including phenoxy) is 1. The first-order valence-electron chi connectivity index (χ1n) is 6.15. The molecule has 0 aromatic carbocycles. The van der Waals surface area contributed by atoms with Crippen molar-refractivity contribution in [3.63, 3.8) is 0 Å². The molecule has 1 saturated carbocycles. The number of hydrogen-bond acceptors (Lipinski definition) is 3. The molecule has 0 unspecified atom stereocenters. The number of anilines is 1. The molecule has 2 rings (SSSR count). The van der Waals surface area contributed by atoms with Gasteiger partial charge < -0.3 is 10.1 Å². The van der Waals surface area contributed by atoms with Gasteiger partial charge in [0.15, 0.2) is 0 Å². The van der Waals surface area contributed by atoms with Crippen LogP contribution in [0.3, 0.4) is 0 Å². The minimum atomic E-state index is 0.702. The van der Waals surface area contributed by atoms with E-state index in [0.29, 0.717) is 6.61 Å². The lowest BCUT2D eigenvalue weighted by Crippen LogP contribution is -2.01. The van der Waals surface area contributed by atoms with Crippen molar-refractivity contribution in [2.24, 2.45) is 5.92 Å². The molecule has 1 heterocycles. The van der Waals surface area contributed by atoms with E-state index in [1.165, 1.54) is 24.8 Å². The van der Waals surface area contributed by atoms with Crippen molar-refractivity contribution in [3.8, 4) is 0 Å². The fraction of sp³-hybridized carbons (Fsp3) is 0.615. The first-order chi connectivity index (χ1) is 7.88. The summed E-state index contributed by atoms with van der Waals surface area (Å²) in [5.74, 6) is 1.89. The van der Waals surface area contributed by atoms with Crippen LogP contribution in [0, 0.1) is 5.92 Å². The SMILES string of the molecule is CCNc1cc(COCCC2CC2)ccn1. The molecule has 0 spiro atoms. The lowest BCUT2D eigenvalue weighted by atomic mass is 10.2. The Hall–Kier alpha value is -1.09. The maximum atomic E-state index is 5.65. The molecule has 0 saturated heterocycles. The van der Waals surface area contributed by atoms with Gasteiger partial charge in [-0.25, -0.2) is 4.98 Å². The van der Waals surface area contributed by atoms with Crippen LogP contribution in [-0.4, -0.2) is 18.1 Å². The highest BCUT2D eigenvalue weighted by Crippen LogP contribution is 2.32. The van der Waals surface area contributed by atoms with Crippen LogP contribution in [0.5, 0.6) is 0 Å². The molecule has 16 heavy (non-hydrogen) atoms. The number of nitrogens with one attached hydrogen (secondary N) is 1. The predicted octanol–water partition coefficient (Wildman–Crippen LogP) is 2.83. The van der Waals surface area contributed by atoms with Crippen LogP contribution in [0.4, 0.5) is 5.82 Å².